The summed E-state index contributed by atoms with van der Waals surface area (Å²) in [7, 11) is 0. The lowest BCUT2D eigenvalue weighted by Gasteiger charge is -2.13. The topological polar surface area (TPSA) is 80.5 Å². The molecule has 2 heterocycles. The van der Waals surface area contributed by atoms with Crippen LogP contribution < -0.4 is 4.90 Å². The largest absolute Gasteiger partial charge is 0.441 e. The van der Waals surface area contributed by atoms with Gasteiger partial charge in [0.05, 0.1) is 31.2 Å². The summed E-state index contributed by atoms with van der Waals surface area (Å²) in [6.45, 7) is -0.0752. The van der Waals surface area contributed by atoms with Crippen molar-refractivity contribution < 1.29 is 19.0 Å². The van der Waals surface area contributed by atoms with Crippen LogP contribution in [0.2, 0.25) is 0 Å². The van der Waals surface area contributed by atoms with Crippen LogP contribution in [-0.4, -0.2) is 45.4 Å². The third kappa shape index (κ3) is 2.10. The number of aromatic nitrogens is 3. The normalized spacial score (nSPS) is 18.4. The first-order chi connectivity index (χ1) is 9.69. The second-order valence-corrected chi connectivity index (χ2v) is 4.25. The zero-order valence-electron chi connectivity index (χ0n) is 10.3. The molecule has 0 saturated carbocycles. The van der Waals surface area contributed by atoms with Gasteiger partial charge in [-0.2, -0.15) is 10.2 Å². The van der Waals surface area contributed by atoms with Gasteiger partial charge in [-0.25, -0.2) is 9.18 Å². The lowest BCUT2D eigenvalue weighted by Crippen LogP contribution is -2.25. The van der Waals surface area contributed by atoms with Gasteiger partial charge in [-0.3, -0.25) is 4.90 Å². The van der Waals surface area contributed by atoms with Gasteiger partial charge in [-0.05, 0) is 12.1 Å². The molecule has 1 amide bonds. The molecule has 1 aromatic heterocycles. The number of amides is 1. The van der Waals surface area contributed by atoms with Gasteiger partial charge in [0.2, 0.25) is 0 Å². The number of aliphatic hydroxyl groups is 1. The lowest BCUT2D eigenvalue weighted by molar-refractivity contribution is 0.0963. The van der Waals surface area contributed by atoms with Crippen molar-refractivity contribution in [2.75, 3.05) is 18.1 Å². The predicted octanol–water partition coefficient (Wildman–Crippen LogP) is 0.724. The number of ether oxygens (including phenoxy) is 1. The zero-order chi connectivity index (χ0) is 14.1. The first-order valence-corrected chi connectivity index (χ1v) is 5.94. The number of hydrogen-bond acceptors (Lipinski definition) is 5. The number of hydrogen-bond donors (Lipinski definition) is 1. The second-order valence-electron chi connectivity index (χ2n) is 4.25. The molecule has 104 valence electrons. The summed E-state index contributed by atoms with van der Waals surface area (Å²) in [6.07, 6.45) is 1.69. The van der Waals surface area contributed by atoms with Crippen molar-refractivity contribution in [3.05, 3.63) is 36.4 Å². The third-order valence-corrected chi connectivity index (χ3v) is 2.95. The van der Waals surface area contributed by atoms with Crippen molar-refractivity contribution in [1.82, 2.24) is 15.0 Å². The Morgan fingerprint density at radius 1 is 1.40 bits per heavy atom. The van der Waals surface area contributed by atoms with Crippen LogP contribution in [0.15, 0.2) is 30.6 Å². The molecule has 0 spiro atoms. The van der Waals surface area contributed by atoms with E-state index in [9.17, 15) is 9.18 Å². The monoisotopic (exact) mass is 278 g/mol. The fraction of sp³-hybridized carbons (Fsp3) is 0.250. The molecule has 1 unspecified atom stereocenters. The van der Waals surface area contributed by atoms with Crippen LogP contribution in [0, 0.1) is 5.82 Å². The molecule has 1 saturated heterocycles. The van der Waals surface area contributed by atoms with Crippen LogP contribution in [0.4, 0.5) is 14.9 Å². The number of cyclic esters (lactones) is 1. The summed E-state index contributed by atoms with van der Waals surface area (Å²) < 4.78 is 18.9. The fourth-order valence-corrected chi connectivity index (χ4v) is 1.99. The van der Waals surface area contributed by atoms with E-state index in [4.69, 9.17) is 9.84 Å². The van der Waals surface area contributed by atoms with Crippen LogP contribution in [-0.2, 0) is 4.74 Å². The summed E-state index contributed by atoms with van der Waals surface area (Å²) in [4.78, 5) is 14.0. The molecule has 3 rings (SSSR count). The minimum absolute atomic E-state index is 0.185. The van der Waals surface area contributed by atoms with Crippen molar-refractivity contribution >= 4 is 11.8 Å². The zero-order valence-corrected chi connectivity index (χ0v) is 10.3. The SMILES string of the molecule is O=C1OC(CO)CN1c1ccc(-n2nccn2)c(F)c1. The predicted molar refractivity (Wildman–Crippen MR) is 66.0 cm³/mol. The molecule has 20 heavy (non-hydrogen) atoms. The molecule has 1 aromatic carbocycles. The van der Waals surface area contributed by atoms with Crippen LogP contribution in [0.25, 0.3) is 5.69 Å². The van der Waals surface area contributed by atoms with Crippen molar-refractivity contribution in [2.24, 2.45) is 0 Å². The Kier molecular flexibility index (Phi) is 3.07. The van der Waals surface area contributed by atoms with Crippen molar-refractivity contribution in [3.8, 4) is 5.69 Å². The molecule has 1 fully saturated rings. The molecule has 0 radical (unpaired) electrons. The summed E-state index contributed by atoms with van der Waals surface area (Å²) in [5, 5.41) is 16.7. The van der Waals surface area contributed by atoms with E-state index in [1.807, 2.05) is 0 Å². The van der Waals surface area contributed by atoms with E-state index in [1.54, 1.807) is 6.07 Å². The number of carbonyl (C=O) groups is 1. The highest BCUT2D eigenvalue weighted by atomic mass is 19.1. The van der Waals surface area contributed by atoms with E-state index in [-0.39, 0.29) is 18.8 Å². The average molecular weight is 278 g/mol. The van der Waals surface area contributed by atoms with Crippen molar-refractivity contribution in [2.45, 2.75) is 6.10 Å². The number of anilines is 1. The second kappa shape index (κ2) is 4.89. The number of halogens is 1. The number of nitrogens with zero attached hydrogens (tertiary/aromatic N) is 4. The summed E-state index contributed by atoms with van der Waals surface area (Å²) in [6, 6.07) is 4.26. The Labute approximate surface area is 113 Å². The maximum atomic E-state index is 14.0. The summed E-state index contributed by atoms with van der Waals surface area (Å²) in [5.41, 5.74) is 0.546. The number of rotatable bonds is 3. The Balaban J connectivity index is 1.89. The third-order valence-electron chi connectivity index (χ3n) is 2.95. The van der Waals surface area contributed by atoms with E-state index in [0.29, 0.717) is 5.69 Å². The highest BCUT2D eigenvalue weighted by molar-refractivity contribution is 5.89. The maximum absolute atomic E-state index is 14.0. The minimum Gasteiger partial charge on any atom is -0.441 e. The van der Waals surface area contributed by atoms with Gasteiger partial charge in [-0.15, -0.1) is 4.80 Å². The lowest BCUT2D eigenvalue weighted by atomic mass is 10.2. The molecule has 1 aliphatic rings. The quantitative estimate of drug-likeness (QED) is 0.895. The highest BCUT2D eigenvalue weighted by Crippen LogP contribution is 2.24. The molecule has 1 atom stereocenters. The van der Waals surface area contributed by atoms with Crippen LogP contribution in [0.3, 0.4) is 0 Å². The molecule has 1 N–H and O–H groups in total. The van der Waals surface area contributed by atoms with E-state index < -0.39 is 18.0 Å². The fourth-order valence-electron chi connectivity index (χ4n) is 1.99. The Hall–Kier alpha value is -2.48. The van der Waals surface area contributed by atoms with Gasteiger partial charge >= 0.3 is 6.09 Å². The summed E-state index contributed by atoms with van der Waals surface area (Å²) in [5.74, 6) is -0.557. The van der Waals surface area contributed by atoms with E-state index in [0.717, 1.165) is 4.80 Å². The Morgan fingerprint density at radius 3 is 2.75 bits per heavy atom. The Morgan fingerprint density at radius 2 is 2.15 bits per heavy atom. The molecule has 0 bridgehead atoms. The molecular formula is C12H11FN4O3. The number of aliphatic hydroxyl groups excluding tert-OH is 1. The van der Waals surface area contributed by atoms with Crippen LogP contribution in [0.5, 0.6) is 0 Å². The first kappa shape index (κ1) is 12.5. The molecule has 2 aromatic rings. The van der Waals surface area contributed by atoms with Gasteiger partial charge < -0.3 is 9.84 Å². The highest BCUT2D eigenvalue weighted by Gasteiger charge is 2.32. The molecule has 1 aliphatic heterocycles. The van der Waals surface area contributed by atoms with Gasteiger partial charge in [0, 0.05) is 6.07 Å². The minimum atomic E-state index is -0.603. The van der Waals surface area contributed by atoms with E-state index in [2.05, 4.69) is 10.2 Å². The van der Waals surface area contributed by atoms with E-state index in [1.165, 1.54) is 29.4 Å². The van der Waals surface area contributed by atoms with Gasteiger partial charge in [0.1, 0.15) is 11.8 Å². The molecule has 8 heteroatoms. The van der Waals surface area contributed by atoms with Crippen LogP contribution in [0.1, 0.15) is 0 Å². The van der Waals surface area contributed by atoms with Gasteiger partial charge in [0.15, 0.2) is 5.82 Å². The smallest absolute Gasteiger partial charge is 0.414 e. The number of carbonyl (C=O) groups excluding carboxylic acids is 1. The molecule has 7 nitrogen and oxygen atoms in total. The standard InChI is InChI=1S/C12H11FN4O3/c13-10-5-8(16-6-9(7-18)20-12(16)19)1-2-11(10)17-14-3-4-15-17/h1-5,9,18H,6-7H2. The maximum Gasteiger partial charge on any atom is 0.414 e. The molecular weight excluding hydrogens is 267 g/mol. The number of benzene rings is 1. The van der Waals surface area contributed by atoms with Gasteiger partial charge in [-0.1, -0.05) is 0 Å². The van der Waals surface area contributed by atoms with Crippen molar-refractivity contribution in [1.29, 1.82) is 0 Å². The van der Waals surface area contributed by atoms with Gasteiger partial charge in [0.25, 0.3) is 0 Å². The Bertz CT molecular complexity index is 632. The van der Waals surface area contributed by atoms with E-state index >= 15 is 0 Å². The average Bonchev–Trinajstić information content (AvgIpc) is 3.07. The van der Waals surface area contributed by atoms with Crippen molar-refractivity contribution in [3.63, 3.8) is 0 Å². The first-order valence-electron chi connectivity index (χ1n) is 5.94. The van der Waals surface area contributed by atoms with Crippen LogP contribution >= 0.6 is 0 Å². The molecule has 0 aliphatic carbocycles. The summed E-state index contributed by atoms with van der Waals surface area (Å²) >= 11 is 0.